The molecule has 1 amide bonds. The van der Waals surface area contributed by atoms with Gasteiger partial charge in [0, 0.05) is 17.0 Å². The summed E-state index contributed by atoms with van der Waals surface area (Å²) in [5.74, 6) is 1.97. The van der Waals surface area contributed by atoms with E-state index in [-0.39, 0.29) is 10.7 Å². The highest BCUT2D eigenvalue weighted by molar-refractivity contribution is 8.00. The number of methoxy groups -OCH3 is 1. The molecule has 0 radical (unpaired) electrons. The average Bonchev–Trinajstić information content (AvgIpc) is 2.42. The molecular formula is C16H25NO3S. The van der Waals surface area contributed by atoms with Crippen LogP contribution in [0.2, 0.25) is 0 Å². The van der Waals surface area contributed by atoms with Crippen LogP contribution in [0.15, 0.2) is 24.3 Å². The molecule has 0 aliphatic carbocycles. The highest BCUT2D eigenvalue weighted by atomic mass is 32.2. The van der Waals surface area contributed by atoms with Gasteiger partial charge in [-0.15, -0.1) is 0 Å². The maximum absolute atomic E-state index is 12.0. The monoisotopic (exact) mass is 311 g/mol. The number of thioether (sulfide) groups is 1. The lowest BCUT2D eigenvalue weighted by Gasteiger charge is -2.19. The molecule has 5 heteroatoms. The van der Waals surface area contributed by atoms with E-state index < -0.39 is 6.10 Å². The van der Waals surface area contributed by atoms with Crippen molar-refractivity contribution in [3.8, 4) is 11.5 Å². The van der Waals surface area contributed by atoms with Crippen molar-refractivity contribution in [2.24, 2.45) is 0 Å². The first-order chi connectivity index (χ1) is 9.83. The lowest BCUT2D eigenvalue weighted by molar-refractivity contribution is -0.127. The van der Waals surface area contributed by atoms with E-state index in [1.165, 1.54) is 0 Å². The SMILES string of the molecule is COc1ccccc1O[C@@H](C)C(=O)NCCSC(C)(C)C. The third-order valence-electron chi connectivity index (χ3n) is 2.68. The van der Waals surface area contributed by atoms with Crippen LogP contribution in [0.3, 0.4) is 0 Å². The first-order valence-electron chi connectivity index (χ1n) is 7.05. The van der Waals surface area contributed by atoms with Crippen LogP contribution in [0.1, 0.15) is 27.7 Å². The minimum atomic E-state index is -0.555. The molecule has 0 spiro atoms. The van der Waals surface area contributed by atoms with Gasteiger partial charge < -0.3 is 14.8 Å². The van der Waals surface area contributed by atoms with Gasteiger partial charge in [0.1, 0.15) is 0 Å². The van der Waals surface area contributed by atoms with Crippen molar-refractivity contribution in [1.82, 2.24) is 5.32 Å². The van der Waals surface area contributed by atoms with Gasteiger partial charge in [-0.1, -0.05) is 32.9 Å². The molecule has 0 aromatic heterocycles. The summed E-state index contributed by atoms with van der Waals surface area (Å²) in [4.78, 5) is 12.0. The first kappa shape index (κ1) is 17.7. The quantitative estimate of drug-likeness (QED) is 0.786. The number of amides is 1. The van der Waals surface area contributed by atoms with Crippen LogP contribution in [0, 0.1) is 0 Å². The molecule has 1 atom stereocenters. The van der Waals surface area contributed by atoms with Crippen LogP contribution in [0.5, 0.6) is 11.5 Å². The van der Waals surface area contributed by atoms with Crippen LogP contribution in [0.4, 0.5) is 0 Å². The van der Waals surface area contributed by atoms with Crippen LogP contribution in [-0.4, -0.2) is 36.2 Å². The van der Waals surface area contributed by atoms with E-state index in [9.17, 15) is 4.79 Å². The molecule has 1 N–H and O–H groups in total. The van der Waals surface area contributed by atoms with Gasteiger partial charge in [0.05, 0.1) is 7.11 Å². The molecule has 0 bridgehead atoms. The average molecular weight is 311 g/mol. The Bertz CT molecular complexity index is 457. The molecule has 0 unspecified atom stereocenters. The number of ether oxygens (including phenoxy) is 2. The van der Waals surface area contributed by atoms with Gasteiger partial charge >= 0.3 is 0 Å². The third-order valence-corrected chi connectivity index (χ3v) is 3.95. The largest absolute Gasteiger partial charge is 0.493 e. The minimum Gasteiger partial charge on any atom is -0.493 e. The first-order valence-corrected chi connectivity index (χ1v) is 8.03. The molecule has 0 heterocycles. The Morgan fingerprint density at radius 3 is 2.48 bits per heavy atom. The molecule has 0 aliphatic heterocycles. The van der Waals surface area contributed by atoms with Crippen molar-refractivity contribution in [3.63, 3.8) is 0 Å². The maximum Gasteiger partial charge on any atom is 0.260 e. The second kappa shape index (κ2) is 8.17. The smallest absolute Gasteiger partial charge is 0.260 e. The Morgan fingerprint density at radius 2 is 1.90 bits per heavy atom. The summed E-state index contributed by atoms with van der Waals surface area (Å²) in [6.45, 7) is 8.85. The van der Waals surface area contributed by atoms with Crippen LogP contribution in [0.25, 0.3) is 0 Å². The number of carbonyl (C=O) groups excluding carboxylic acids is 1. The summed E-state index contributed by atoms with van der Waals surface area (Å²) < 4.78 is 11.1. The van der Waals surface area contributed by atoms with E-state index in [0.29, 0.717) is 18.0 Å². The fraction of sp³-hybridized carbons (Fsp3) is 0.562. The van der Waals surface area contributed by atoms with Crippen molar-refractivity contribution < 1.29 is 14.3 Å². The van der Waals surface area contributed by atoms with Gasteiger partial charge in [-0.05, 0) is 19.1 Å². The number of hydrogen-bond donors (Lipinski definition) is 1. The number of para-hydroxylation sites is 2. The van der Waals surface area contributed by atoms with Crippen molar-refractivity contribution in [2.75, 3.05) is 19.4 Å². The Kier molecular flexibility index (Phi) is 6.89. The van der Waals surface area contributed by atoms with E-state index in [1.54, 1.807) is 26.2 Å². The van der Waals surface area contributed by atoms with Gasteiger partial charge in [-0.3, -0.25) is 4.79 Å². The molecule has 118 valence electrons. The Hall–Kier alpha value is -1.36. The fourth-order valence-corrected chi connectivity index (χ4v) is 2.45. The zero-order valence-electron chi connectivity index (χ0n) is 13.4. The zero-order valence-corrected chi connectivity index (χ0v) is 14.3. The van der Waals surface area contributed by atoms with Gasteiger partial charge in [0.15, 0.2) is 17.6 Å². The molecular weight excluding hydrogens is 286 g/mol. The molecule has 0 saturated heterocycles. The number of nitrogens with one attached hydrogen (secondary N) is 1. The van der Waals surface area contributed by atoms with E-state index >= 15 is 0 Å². The Morgan fingerprint density at radius 1 is 1.29 bits per heavy atom. The van der Waals surface area contributed by atoms with Crippen molar-refractivity contribution in [2.45, 2.75) is 38.5 Å². The highest BCUT2D eigenvalue weighted by Crippen LogP contribution is 2.26. The molecule has 0 aliphatic rings. The number of benzene rings is 1. The van der Waals surface area contributed by atoms with E-state index in [4.69, 9.17) is 9.47 Å². The standard InChI is InChI=1S/C16H25NO3S/c1-12(15(18)17-10-11-21-16(2,3)4)20-14-9-7-6-8-13(14)19-5/h6-9,12H,10-11H2,1-5H3,(H,17,18)/t12-/m0/s1. The zero-order chi connectivity index (χ0) is 15.9. The Balaban J connectivity index is 2.41. The van der Waals surface area contributed by atoms with Crippen molar-refractivity contribution >= 4 is 17.7 Å². The molecule has 21 heavy (non-hydrogen) atoms. The topological polar surface area (TPSA) is 47.6 Å². The number of carbonyl (C=O) groups is 1. The molecule has 0 saturated carbocycles. The summed E-state index contributed by atoms with van der Waals surface area (Å²) in [6, 6.07) is 7.31. The predicted octanol–water partition coefficient (Wildman–Crippen LogP) is 3.11. The number of rotatable bonds is 7. The van der Waals surface area contributed by atoms with E-state index in [1.807, 2.05) is 23.9 Å². The summed E-state index contributed by atoms with van der Waals surface area (Å²) >= 11 is 1.82. The van der Waals surface area contributed by atoms with Crippen molar-refractivity contribution in [3.05, 3.63) is 24.3 Å². The number of hydrogen-bond acceptors (Lipinski definition) is 4. The molecule has 1 rings (SSSR count). The normalized spacial score (nSPS) is 12.6. The molecule has 0 fully saturated rings. The molecule has 4 nitrogen and oxygen atoms in total. The van der Waals surface area contributed by atoms with Gasteiger partial charge in [0.25, 0.3) is 5.91 Å². The van der Waals surface area contributed by atoms with Gasteiger partial charge in [-0.2, -0.15) is 11.8 Å². The summed E-state index contributed by atoms with van der Waals surface area (Å²) in [5, 5.41) is 2.89. The Labute approximate surface area is 131 Å². The highest BCUT2D eigenvalue weighted by Gasteiger charge is 2.16. The lowest BCUT2D eigenvalue weighted by Crippen LogP contribution is -2.37. The summed E-state index contributed by atoms with van der Waals surface area (Å²) in [5.41, 5.74) is 0. The maximum atomic E-state index is 12.0. The van der Waals surface area contributed by atoms with E-state index in [0.717, 1.165) is 5.75 Å². The van der Waals surface area contributed by atoms with Gasteiger partial charge in [0.2, 0.25) is 0 Å². The molecule has 1 aromatic carbocycles. The summed E-state index contributed by atoms with van der Waals surface area (Å²) in [7, 11) is 1.58. The summed E-state index contributed by atoms with van der Waals surface area (Å²) in [6.07, 6.45) is -0.555. The minimum absolute atomic E-state index is 0.115. The lowest BCUT2D eigenvalue weighted by atomic mass is 10.3. The van der Waals surface area contributed by atoms with Gasteiger partial charge in [-0.25, -0.2) is 0 Å². The fourth-order valence-electron chi connectivity index (χ4n) is 1.64. The van der Waals surface area contributed by atoms with Crippen LogP contribution < -0.4 is 14.8 Å². The molecule has 1 aromatic rings. The van der Waals surface area contributed by atoms with Crippen LogP contribution in [-0.2, 0) is 4.79 Å². The second-order valence-corrected chi connectivity index (χ2v) is 7.58. The van der Waals surface area contributed by atoms with Crippen LogP contribution >= 0.6 is 11.8 Å². The predicted molar refractivity (Wildman–Crippen MR) is 88.3 cm³/mol. The third kappa shape index (κ3) is 6.76. The van der Waals surface area contributed by atoms with Crippen molar-refractivity contribution in [1.29, 1.82) is 0 Å². The second-order valence-electron chi connectivity index (χ2n) is 5.66. The van der Waals surface area contributed by atoms with E-state index in [2.05, 4.69) is 26.1 Å².